The first-order chi connectivity index (χ1) is 13.2. The number of amides is 2. The maximum absolute atomic E-state index is 11.9. The maximum atomic E-state index is 11.9. The molecular weight excluding hydrogens is 342 g/mol. The molecular formula is C20H29N5O2. The lowest BCUT2D eigenvalue weighted by molar-refractivity contribution is -0.147. The van der Waals surface area contributed by atoms with E-state index in [9.17, 15) is 9.59 Å². The van der Waals surface area contributed by atoms with Crippen LogP contribution >= 0.6 is 0 Å². The Labute approximate surface area is 161 Å². The molecule has 146 valence electrons. The zero-order valence-electron chi connectivity index (χ0n) is 16.1. The SMILES string of the molecule is CN=C(NCCN1C(=O)CCCC1=O)N1CCN(Cc2ccccc2)CC1. The van der Waals surface area contributed by atoms with Crippen LogP contribution in [0.4, 0.5) is 0 Å². The second kappa shape index (κ2) is 9.50. The molecule has 0 saturated carbocycles. The fourth-order valence-electron chi connectivity index (χ4n) is 3.62. The van der Waals surface area contributed by atoms with Crippen molar-refractivity contribution >= 4 is 17.8 Å². The van der Waals surface area contributed by atoms with Gasteiger partial charge >= 0.3 is 0 Å². The lowest BCUT2D eigenvalue weighted by Crippen LogP contribution is -2.53. The Kier molecular flexibility index (Phi) is 6.81. The van der Waals surface area contributed by atoms with E-state index >= 15 is 0 Å². The Hall–Kier alpha value is -2.41. The Morgan fingerprint density at radius 2 is 1.70 bits per heavy atom. The van der Waals surface area contributed by atoms with E-state index in [1.165, 1.54) is 10.5 Å². The highest BCUT2D eigenvalue weighted by atomic mass is 16.2. The molecule has 2 amide bonds. The fraction of sp³-hybridized carbons (Fsp3) is 0.550. The van der Waals surface area contributed by atoms with Crippen LogP contribution in [0.15, 0.2) is 35.3 Å². The minimum Gasteiger partial charge on any atom is -0.354 e. The number of piperidine rings is 1. The van der Waals surface area contributed by atoms with Crippen molar-refractivity contribution < 1.29 is 9.59 Å². The van der Waals surface area contributed by atoms with Crippen LogP contribution in [-0.2, 0) is 16.1 Å². The quantitative estimate of drug-likeness (QED) is 0.474. The Bertz CT molecular complexity index is 652. The van der Waals surface area contributed by atoms with Crippen LogP contribution in [0.2, 0.25) is 0 Å². The summed E-state index contributed by atoms with van der Waals surface area (Å²) in [5.41, 5.74) is 1.34. The summed E-state index contributed by atoms with van der Waals surface area (Å²) in [5, 5.41) is 3.30. The molecule has 7 heteroatoms. The van der Waals surface area contributed by atoms with Crippen molar-refractivity contribution in [2.24, 2.45) is 4.99 Å². The Balaban J connectivity index is 1.42. The van der Waals surface area contributed by atoms with E-state index in [-0.39, 0.29) is 11.8 Å². The number of imide groups is 1. The number of aliphatic imine (C=N–C) groups is 1. The summed E-state index contributed by atoms with van der Waals surface area (Å²) in [5.74, 6) is 0.724. The number of likely N-dealkylation sites (tertiary alicyclic amines) is 1. The third-order valence-electron chi connectivity index (χ3n) is 5.13. The van der Waals surface area contributed by atoms with E-state index < -0.39 is 0 Å². The van der Waals surface area contributed by atoms with Gasteiger partial charge in [0.1, 0.15) is 0 Å². The van der Waals surface area contributed by atoms with Gasteiger partial charge in [-0.1, -0.05) is 30.3 Å². The topological polar surface area (TPSA) is 68.2 Å². The normalized spacial score (nSPS) is 19.5. The first kappa shape index (κ1) is 19.4. The van der Waals surface area contributed by atoms with Crippen LogP contribution in [0, 0.1) is 0 Å². The first-order valence-electron chi connectivity index (χ1n) is 9.72. The summed E-state index contributed by atoms with van der Waals surface area (Å²) in [6, 6.07) is 10.5. The highest BCUT2D eigenvalue weighted by molar-refractivity contribution is 5.97. The summed E-state index contributed by atoms with van der Waals surface area (Å²) in [6.07, 6.45) is 1.63. The minimum atomic E-state index is -0.0578. The molecule has 2 fully saturated rings. The Morgan fingerprint density at radius 1 is 1.04 bits per heavy atom. The number of carbonyl (C=O) groups excluding carboxylic acids is 2. The number of rotatable bonds is 5. The van der Waals surface area contributed by atoms with Crippen molar-refractivity contribution in [1.82, 2.24) is 20.0 Å². The smallest absolute Gasteiger partial charge is 0.229 e. The van der Waals surface area contributed by atoms with Gasteiger partial charge in [0, 0.05) is 65.7 Å². The third-order valence-corrected chi connectivity index (χ3v) is 5.13. The van der Waals surface area contributed by atoms with Crippen molar-refractivity contribution in [1.29, 1.82) is 0 Å². The summed E-state index contributed by atoms with van der Waals surface area (Å²) in [6.45, 7) is 5.71. The Morgan fingerprint density at radius 3 is 2.33 bits per heavy atom. The number of nitrogens with zero attached hydrogens (tertiary/aromatic N) is 4. The van der Waals surface area contributed by atoms with Crippen LogP contribution in [0.1, 0.15) is 24.8 Å². The molecule has 0 bridgehead atoms. The molecule has 7 nitrogen and oxygen atoms in total. The highest BCUT2D eigenvalue weighted by Crippen LogP contribution is 2.11. The number of guanidine groups is 1. The van der Waals surface area contributed by atoms with E-state index in [2.05, 4.69) is 44.4 Å². The van der Waals surface area contributed by atoms with Gasteiger partial charge in [-0.3, -0.25) is 24.4 Å². The van der Waals surface area contributed by atoms with Crippen LogP contribution < -0.4 is 5.32 Å². The van der Waals surface area contributed by atoms with Crippen LogP contribution in [-0.4, -0.2) is 78.8 Å². The number of piperazine rings is 1. The molecule has 0 radical (unpaired) electrons. The van der Waals surface area contributed by atoms with Crippen molar-refractivity contribution in [3.8, 4) is 0 Å². The van der Waals surface area contributed by atoms with Crippen LogP contribution in [0.5, 0.6) is 0 Å². The van der Waals surface area contributed by atoms with E-state index in [0.29, 0.717) is 32.4 Å². The second-order valence-corrected chi connectivity index (χ2v) is 7.02. The average Bonchev–Trinajstić information content (AvgIpc) is 2.69. The van der Waals surface area contributed by atoms with E-state index in [1.807, 2.05) is 6.07 Å². The van der Waals surface area contributed by atoms with Crippen molar-refractivity contribution in [3.63, 3.8) is 0 Å². The lowest BCUT2D eigenvalue weighted by atomic mass is 10.1. The number of carbonyl (C=O) groups is 2. The largest absolute Gasteiger partial charge is 0.354 e. The molecule has 2 aliphatic heterocycles. The monoisotopic (exact) mass is 371 g/mol. The number of hydrogen-bond donors (Lipinski definition) is 1. The van der Waals surface area contributed by atoms with Gasteiger partial charge in [-0.25, -0.2) is 0 Å². The zero-order valence-corrected chi connectivity index (χ0v) is 16.1. The number of benzene rings is 1. The van der Waals surface area contributed by atoms with Crippen molar-refractivity contribution in [3.05, 3.63) is 35.9 Å². The first-order valence-corrected chi connectivity index (χ1v) is 9.72. The maximum Gasteiger partial charge on any atom is 0.229 e. The predicted molar refractivity (Wildman–Crippen MR) is 105 cm³/mol. The molecule has 2 saturated heterocycles. The molecule has 0 atom stereocenters. The van der Waals surface area contributed by atoms with Gasteiger partial charge in [0.15, 0.2) is 5.96 Å². The minimum absolute atomic E-state index is 0.0578. The third kappa shape index (κ3) is 5.29. The molecule has 3 rings (SSSR count). The lowest BCUT2D eigenvalue weighted by Gasteiger charge is -2.36. The highest BCUT2D eigenvalue weighted by Gasteiger charge is 2.25. The van der Waals surface area contributed by atoms with Crippen molar-refractivity contribution in [2.45, 2.75) is 25.8 Å². The molecule has 1 aromatic carbocycles. The summed E-state index contributed by atoms with van der Waals surface area (Å²) < 4.78 is 0. The zero-order chi connectivity index (χ0) is 19.1. The summed E-state index contributed by atoms with van der Waals surface area (Å²) in [7, 11) is 1.77. The van der Waals surface area contributed by atoms with Gasteiger partial charge in [0.05, 0.1) is 0 Å². The van der Waals surface area contributed by atoms with E-state index in [1.54, 1.807) is 7.05 Å². The molecule has 1 aromatic rings. The molecule has 27 heavy (non-hydrogen) atoms. The second-order valence-electron chi connectivity index (χ2n) is 7.02. The van der Waals surface area contributed by atoms with Gasteiger partial charge in [0.25, 0.3) is 0 Å². The van der Waals surface area contributed by atoms with Gasteiger partial charge in [0.2, 0.25) is 11.8 Å². The molecule has 0 aliphatic carbocycles. The van der Waals surface area contributed by atoms with Gasteiger partial charge < -0.3 is 10.2 Å². The summed E-state index contributed by atoms with van der Waals surface area (Å²) >= 11 is 0. The summed E-state index contributed by atoms with van der Waals surface area (Å²) in [4.78, 5) is 34.2. The molecule has 2 aliphatic rings. The number of nitrogens with one attached hydrogen (secondary N) is 1. The van der Waals surface area contributed by atoms with Crippen LogP contribution in [0.3, 0.4) is 0 Å². The molecule has 0 aromatic heterocycles. The molecule has 2 heterocycles. The van der Waals surface area contributed by atoms with E-state index in [0.717, 1.165) is 38.7 Å². The van der Waals surface area contributed by atoms with Crippen LogP contribution in [0.25, 0.3) is 0 Å². The van der Waals surface area contributed by atoms with E-state index in [4.69, 9.17) is 0 Å². The van der Waals surface area contributed by atoms with Gasteiger partial charge in [-0.2, -0.15) is 0 Å². The molecule has 0 spiro atoms. The van der Waals surface area contributed by atoms with Gasteiger partial charge in [-0.05, 0) is 12.0 Å². The molecule has 1 N–H and O–H groups in total. The van der Waals surface area contributed by atoms with Gasteiger partial charge in [-0.15, -0.1) is 0 Å². The fourth-order valence-corrected chi connectivity index (χ4v) is 3.62. The van der Waals surface area contributed by atoms with Crippen molar-refractivity contribution in [2.75, 3.05) is 46.3 Å². The predicted octanol–water partition coefficient (Wildman–Crippen LogP) is 0.919. The molecule has 0 unspecified atom stereocenters. The standard InChI is InChI=1S/C20H29N5O2/c1-21-20(22-10-11-25-18(26)8-5-9-19(25)27)24-14-12-23(13-15-24)16-17-6-3-2-4-7-17/h2-4,6-7H,5,8-16H2,1H3,(H,21,22). The number of hydrogen-bond acceptors (Lipinski definition) is 4. The average molecular weight is 371 g/mol.